The molecule has 2 aliphatic heterocycles. The maximum atomic E-state index is 13.0. The van der Waals surface area contributed by atoms with Gasteiger partial charge >= 0.3 is 0 Å². The zero-order chi connectivity index (χ0) is 17.5. The molecule has 0 N–H and O–H groups in total. The van der Waals surface area contributed by atoms with Gasteiger partial charge in [0.15, 0.2) is 0 Å². The number of anilines is 1. The second kappa shape index (κ2) is 6.48. The third-order valence-corrected chi connectivity index (χ3v) is 6.85. The molecule has 0 unspecified atom stereocenters. The van der Waals surface area contributed by atoms with E-state index in [0.717, 1.165) is 24.1 Å². The summed E-state index contributed by atoms with van der Waals surface area (Å²) in [6, 6.07) is 5.20. The standard InChI is InChI=1S/C18H26N2O3S/c1-4-18(21)20-8-7-15-10-16(5-6-17(15)20)24(22,23)19-11-13(2)9-14(3)12-19/h5-6,10,13-14H,4,7-9,11-12H2,1-3H3/t13-,14-/m1/s1. The normalized spacial score (nSPS) is 24.9. The third-order valence-electron chi connectivity index (χ3n) is 5.02. The molecule has 0 radical (unpaired) electrons. The van der Waals surface area contributed by atoms with E-state index in [2.05, 4.69) is 13.8 Å². The fourth-order valence-corrected chi connectivity index (χ4v) is 5.67. The topological polar surface area (TPSA) is 57.7 Å². The summed E-state index contributed by atoms with van der Waals surface area (Å²) < 4.78 is 27.6. The van der Waals surface area contributed by atoms with Crippen LogP contribution in [0.25, 0.3) is 0 Å². The number of piperidine rings is 1. The predicted octanol–water partition coefficient (Wildman–Crippen LogP) is 2.65. The second-order valence-electron chi connectivity index (χ2n) is 7.21. The Morgan fingerprint density at radius 1 is 1.21 bits per heavy atom. The number of benzene rings is 1. The minimum absolute atomic E-state index is 0.0861. The summed E-state index contributed by atoms with van der Waals surface area (Å²) in [5.41, 5.74) is 1.82. The second-order valence-corrected chi connectivity index (χ2v) is 9.15. The first-order valence-electron chi connectivity index (χ1n) is 8.76. The largest absolute Gasteiger partial charge is 0.312 e. The Hall–Kier alpha value is -1.40. The summed E-state index contributed by atoms with van der Waals surface area (Å²) in [7, 11) is -3.46. The number of carbonyl (C=O) groups is 1. The fourth-order valence-electron chi connectivity index (χ4n) is 3.94. The molecule has 132 valence electrons. The number of sulfonamides is 1. The van der Waals surface area contributed by atoms with Crippen LogP contribution in [-0.4, -0.2) is 38.3 Å². The number of amides is 1. The summed E-state index contributed by atoms with van der Waals surface area (Å²) >= 11 is 0. The van der Waals surface area contributed by atoms with Crippen LogP contribution in [0.2, 0.25) is 0 Å². The van der Waals surface area contributed by atoms with Gasteiger partial charge in [-0.05, 0) is 48.4 Å². The summed E-state index contributed by atoms with van der Waals surface area (Å²) in [4.78, 5) is 14.1. The summed E-state index contributed by atoms with van der Waals surface area (Å²) in [6.07, 6.45) is 2.25. The smallest absolute Gasteiger partial charge is 0.243 e. The van der Waals surface area contributed by atoms with E-state index in [1.807, 2.05) is 6.92 Å². The van der Waals surface area contributed by atoms with Crippen LogP contribution in [0.1, 0.15) is 39.2 Å². The number of rotatable bonds is 3. The monoisotopic (exact) mass is 350 g/mol. The van der Waals surface area contributed by atoms with Gasteiger partial charge in [0.05, 0.1) is 4.90 Å². The van der Waals surface area contributed by atoms with Crippen LogP contribution in [0.4, 0.5) is 5.69 Å². The van der Waals surface area contributed by atoms with Gasteiger partial charge in [0.2, 0.25) is 15.9 Å². The molecule has 1 aromatic rings. The molecule has 3 rings (SSSR count). The molecule has 6 heteroatoms. The highest BCUT2D eigenvalue weighted by molar-refractivity contribution is 7.89. The van der Waals surface area contributed by atoms with Crippen LogP contribution in [0, 0.1) is 11.8 Å². The summed E-state index contributed by atoms with van der Waals surface area (Å²) in [5, 5.41) is 0. The number of hydrogen-bond acceptors (Lipinski definition) is 3. The van der Waals surface area contributed by atoms with Gasteiger partial charge in [-0.25, -0.2) is 8.42 Å². The maximum Gasteiger partial charge on any atom is 0.243 e. The van der Waals surface area contributed by atoms with Crippen LogP contribution in [0.3, 0.4) is 0 Å². The molecule has 0 aromatic heterocycles. The van der Waals surface area contributed by atoms with Crippen LogP contribution >= 0.6 is 0 Å². The lowest BCUT2D eigenvalue weighted by Gasteiger charge is -2.34. The molecule has 2 aliphatic rings. The van der Waals surface area contributed by atoms with E-state index in [9.17, 15) is 13.2 Å². The number of fused-ring (bicyclic) bond motifs is 1. The van der Waals surface area contributed by atoms with Crippen molar-refractivity contribution in [2.45, 2.75) is 44.9 Å². The van der Waals surface area contributed by atoms with E-state index in [-0.39, 0.29) is 5.91 Å². The molecule has 0 saturated carbocycles. The molecule has 0 spiro atoms. The minimum Gasteiger partial charge on any atom is -0.312 e. The molecule has 1 saturated heterocycles. The number of nitrogens with zero attached hydrogens (tertiary/aromatic N) is 2. The maximum absolute atomic E-state index is 13.0. The molecule has 0 bridgehead atoms. The van der Waals surface area contributed by atoms with Crippen molar-refractivity contribution < 1.29 is 13.2 Å². The Bertz CT molecular complexity index is 735. The first-order chi connectivity index (χ1) is 11.3. The zero-order valence-electron chi connectivity index (χ0n) is 14.7. The van der Waals surface area contributed by atoms with Crippen molar-refractivity contribution in [2.24, 2.45) is 11.8 Å². The van der Waals surface area contributed by atoms with E-state index in [1.54, 1.807) is 27.4 Å². The molecule has 1 amide bonds. The Balaban J connectivity index is 1.89. The molecule has 2 heterocycles. The van der Waals surface area contributed by atoms with Crippen LogP contribution < -0.4 is 4.90 Å². The Morgan fingerprint density at radius 2 is 1.88 bits per heavy atom. The van der Waals surface area contributed by atoms with Crippen molar-refractivity contribution in [3.8, 4) is 0 Å². The van der Waals surface area contributed by atoms with Crippen molar-refractivity contribution in [1.82, 2.24) is 4.31 Å². The Kier molecular flexibility index (Phi) is 4.71. The molecule has 24 heavy (non-hydrogen) atoms. The lowest BCUT2D eigenvalue weighted by Crippen LogP contribution is -2.42. The lowest BCUT2D eigenvalue weighted by molar-refractivity contribution is -0.118. The summed E-state index contributed by atoms with van der Waals surface area (Å²) in [6.45, 7) is 7.87. The molecular formula is C18H26N2O3S. The van der Waals surface area contributed by atoms with Gasteiger partial charge in [0, 0.05) is 31.7 Å². The van der Waals surface area contributed by atoms with Crippen molar-refractivity contribution in [2.75, 3.05) is 24.5 Å². The molecule has 5 nitrogen and oxygen atoms in total. The molecule has 2 atom stereocenters. The van der Waals surface area contributed by atoms with E-state index < -0.39 is 10.0 Å². The predicted molar refractivity (Wildman–Crippen MR) is 94.5 cm³/mol. The van der Waals surface area contributed by atoms with Gasteiger partial charge in [-0.2, -0.15) is 4.31 Å². The van der Waals surface area contributed by atoms with Crippen molar-refractivity contribution in [1.29, 1.82) is 0 Å². The SMILES string of the molecule is CCC(=O)N1CCc2cc(S(=O)(=O)N3C[C@H](C)C[C@@H](C)C3)ccc21. The van der Waals surface area contributed by atoms with E-state index in [1.165, 1.54) is 0 Å². The van der Waals surface area contributed by atoms with Gasteiger partial charge in [-0.1, -0.05) is 20.8 Å². The van der Waals surface area contributed by atoms with E-state index >= 15 is 0 Å². The highest BCUT2D eigenvalue weighted by Crippen LogP contribution is 2.33. The first-order valence-corrected chi connectivity index (χ1v) is 10.2. The van der Waals surface area contributed by atoms with E-state index in [0.29, 0.717) is 42.8 Å². The highest BCUT2D eigenvalue weighted by atomic mass is 32.2. The van der Waals surface area contributed by atoms with Gasteiger partial charge in [-0.15, -0.1) is 0 Å². The average Bonchev–Trinajstić information content (AvgIpc) is 2.96. The van der Waals surface area contributed by atoms with Crippen LogP contribution in [-0.2, 0) is 21.2 Å². The zero-order valence-corrected chi connectivity index (χ0v) is 15.5. The Labute approximate surface area is 144 Å². The van der Waals surface area contributed by atoms with Crippen molar-refractivity contribution in [3.05, 3.63) is 23.8 Å². The van der Waals surface area contributed by atoms with Crippen molar-refractivity contribution in [3.63, 3.8) is 0 Å². The minimum atomic E-state index is -3.46. The lowest BCUT2D eigenvalue weighted by atomic mass is 9.94. The first kappa shape index (κ1) is 17.4. The Morgan fingerprint density at radius 3 is 2.50 bits per heavy atom. The average molecular weight is 350 g/mol. The number of carbonyl (C=O) groups excluding carboxylic acids is 1. The molecule has 1 aromatic carbocycles. The molecular weight excluding hydrogens is 324 g/mol. The van der Waals surface area contributed by atoms with Gasteiger partial charge in [-0.3, -0.25) is 4.79 Å². The molecule has 1 fully saturated rings. The quantitative estimate of drug-likeness (QED) is 0.842. The van der Waals surface area contributed by atoms with Crippen molar-refractivity contribution >= 4 is 21.6 Å². The molecule has 0 aliphatic carbocycles. The highest BCUT2D eigenvalue weighted by Gasteiger charge is 2.33. The van der Waals surface area contributed by atoms with Gasteiger partial charge in [0.1, 0.15) is 0 Å². The van der Waals surface area contributed by atoms with Crippen LogP contribution in [0.15, 0.2) is 23.1 Å². The fraction of sp³-hybridized carbons (Fsp3) is 0.611. The van der Waals surface area contributed by atoms with Crippen LogP contribution in [0.5, 0.6) is 0 Å². The summed E-state index contributed by atoms with van der Waals surface area (Å²) in [5.74, 6) is 0.856. The number of hydrogen-bond donors (Lipinski definition) is 0. The van der Waals surface area contributed by atoms with Gasteiger partial charge in [0.25, 0.3) is 0 Å². The van der Waals surface area contributed by atoms with Gasteiger partial charge < -0.3 is 4.90 Å². The van der Waals surface area contributed by atoms with E-state index in [4.69, 9.17) is 0 Å². The third kappa shape index (κ3) is 3.09.